The number of nitrogens with one attached hydrogen (secondary N) is 2. The van der Waals surface area contributed by atoms with Crippen LogP contribution in [0.15, 0.2) is 29.3 Å². The molecule has 1 aromatic carbocycles. The molecule has 1 fully saturated rings. The van der Waals surface area contributed by atoms with Crippen LogP contribution in [0.25, 0.3) is 10.2 Å². The molecular formula is C18H25F3IN5S. The highest BCUT2D eigenvalue weighted by Gasteiger charge is 2.34. The van der Waals surface area contributed by atoms with Gasteiger partial charge in [0.05, 0.1) is 21.8 Å². The molecule has 0 aliphatic carbocycles. The van der Waals surface area contributed by atoms with Crippen molar-refractivity contribution in [2.45, 2.75) is 31.5 Å². The summed E-state index contributed by atoms with van der Waals surface area (Å²) >= 11 is 1.71. The first-order valence-corrected chi connectivity index (χ1v) is 9.85. The maximum atomic E-state index is 12.5. The minimum Gasteiger partial charge on any atom is -0.356 e. The van der Waals surface area contributed by atoms with E-state index >= 15 is 0 Å². The van der Waals surface area contributed by atoms with Crippen molar-refractivity contribution in [2.24, 2.45) is 4.99 Å². The number of para-hydroxylation sites is 1. The van der Waals surface area contributed by atoms with Crippen LogP contribution in [0.1, 0.15) is 17.8 Å². The van der Waals surface area contributed by atoms with Crippen LogP contribution in [0.3, 0.4) is 0 Å². The number of aromatic nitrogens is 1. The largest absolute Gasteiger partial charge is 0.401 e. The number of aliphatic imine (C=N–C) groups is 1. The van der Waals surface area contributed by atoms with Crippen LogP contribution >= 0.6 is 35.3 Å². The summed E-state index contributed by atoms with van der Waals surface area (Å²) in [4.78, 5) is 10.2. The summed E-state index contributed by atoms with van der Waals surface area (Å²) in [7, 11) is 1.67. The van der Waals surface area contributed by atoms with Crippen molar-refractivity contribution >= 4 is 51.5 Å². The van der Waals surface area contributed by atoms with E-state index in [1.54, 1.807) is 18.4 Å². The van der Waals surface area contributed by atoms with E-state index in [0.29, 0.717) is 25.5 Å². The van der Waals surface area contributed by atoms with Gasteiger partial charge in [0.2, 0.25) is 0 Å². The van der Waals surface area contributed by atoms with E-state index in [-0.39, 0.29) is 30.0 Å². The molecule has 1 unspecified atom stereocenters. The maximum Gasteiger partial charge on any atom is 0.401 e. The summed E-state index contributed by atoms with van der Waals surface area (Å²) in [6.07, 6.45) is -1.67. The summed E-state index contributed by atoms with van der Waals surface area (Å²) < 4.78 is 38.6. The molecule has 1 atom stereocenters. The Kier molecular flexibility index (Phi) is 8.75. The lowest BCUT2D eigenvalue weighted by Crippen LogP contribution is -2.45. The molecule has 1 saturated heterocycles. The molecule has 1 aromatic heterocycles. The number of nitrogens with zero attached hydrogens (tertiary/aromatic N) is 3. The number of alkyl halides is 3. The number of aryl methyl sites for hydroxylation is 1. The average molecular weight is 527 g/mol. The number of guanidine groups is 1. The summed E-state index contributed by atoms with van der Waals surface area (Å²) in [5, 5.41) is 7.57. The van der Waals surface area contributed by atoms with Gasteiger partial charge in [-0.15, -0.1) is 35.3 Å². The minimum atomic E-state index is -4.14. The highest BCUT2D eigenvalue weighted by molar-refractivity contribution is 14.0. The molecule has 2 heterocycles. The molecule has 0 saturated carbocycles. The van der Waals surface area contributed by atoms with Crippen molar-refractivity contribution in [3.05, 3.63) is 29.3 Å². The van der Waals surface area contributed by atoms with E-state index in [1.165, 1.54) is 9.60 Å². The van der Waals surface area contributed by atoms with Crippen molar-refractivity contribution in [3.8, 4) is 0 Å². The van der Waals surface area contributed by atoms with E-state index in [4.69, 9.17) is 0 Å². The lowest BCUT2D eigenvalue weighted by molar-refractivity contribution is -0.143. The lowest BCUT2D eigenvalue weighted by atomic mass is 10.3. The van der Waals surface area contributed by atoms with Gasteiger partial charge >= 0.3 is 6.18 Å². The number of halogens is 4. The van der Waals surface area contributed by atoms with Crippen LogP contribution < -0.4 is 10.6 Å². The molecule has 10 heteroatoms. The topological polar surface area (TPSA) is 52.6 Å². The second-order valence-electron chi connectivity index (χ2n) is 6.66. The molecule has 5 nitrogen and oxygen atoms in total. The van der Waals surface area contributed by atoms with Gasteiger partial charge in [-0.25, -0.2) is 4.98 Å². The van der Waals surface area contributed by atoms with E-state index < -0.39 is 12.7 Å². The first-order chi connectivity index (χ1) is 12.9. The third kappa shape index (κ3) is 7.03. The van der Waals surface area contributed by atoms with Crippen molar-refractivity contribution in [3.63, 3.8) is 0 Å². The lowest BCUT2D eigenvalue weighted by Gasteiger charge is -2.19. The number of hydrogen-bond donors (Lipinski definition) is 2. The molecular weight excluding hydrogens is 502 g/mol. The van der Waals surface area contributed by atoms with E-state index in [1.807, 2.05) is 18.2 Å². The normalized spacial score (nSPS) is 18.3. The van der Waals surface area contributed by atoms with Crippen LogP contribution in [-0.4, -0.2) is 61.3 Å². The molecule has 2 N–H and O–H groups in total. The van der Waals surface area contributed by atoms with Gasteiger partial charge in [0.1, 0.15) is 0 Å². The summed E-state index contributed by atoms with van der Waals surface area (Å²) in [5.74, 6) is 0.637. The molecule has 28 heavy (non-hydrogen) atoms. The Balaban J connectivity index is 0.00000280. The molecule has 2 aromatic rings. The number of rotatable bonds is 6. The zero-order chi connectivity index (χ0) is 19.3. The Bertz CT molecular complexity index is 747. The Labute approximate surface area is 183 Å². The number of likely N-dealkylation sites (tertiary alicyclic amines) is 1. The predicted octanol–water partition coefficient (Wildman–Crippen LogP) is 3.65. The minimum absolute atomic E-state index is 0. The zero-order valence-corrected chi connectivity index (χ0v) is 18.8. The van der Waals surface area contributed by atoms with Gasteiger partial charge in [0.25, 0.3) is 0 Å². The van der Waals surface area contributed by atoms with Crippen molar-refractivity contribution in [2.75, 3.05) is 33.2 Å². The van der Waals surface area contributed by atoms with E-state index in [2.05, 4.69) is 26.7 Å². The second-order valence-corrected chi connectivity index (χ2v) is 7.77. The standard InChI is InChI=1S/C18H24F3N5S.HI/c1-22-17(24-13-8-10-26(11-13)12-18(19,20)21)23-9-4-7-16-25-14-5-2-3-6-15(14)27-16;/h2-3,5-6,13H,4,7-12H2,1H3,(H2,22,23,24);1H. The highest BCUT2D eigenvalue weighted by atomic mass is 127. The van der Waals surface area contributed by atoms with Crippen LogP contribution in [0.2, 0.25) is 0 Å². The van der Waals surface area contributed by atoms with Gasteiger partial charge in [0, 0.05) is 39.1 Å². The molecule has 1 aliphatic heterocycles. The van der Waals surface area contributed by atoms with E-state index in [9.17, 15) is 13.2 Å². The quantitative estimate of drug-likeness (QED) is 0.261. The maximum absolute atomic E-state index is 12.5. The molecule has 0 bridgehead atoms. The fourth-order valence-electron chi connectivity index (χ4n) is 3.21. The zero-order valence-electron chi connectivity index (χ0n) is 15.6. The Hall–Kier alpha value is -1.14. The fraction of sp³-hybridized carbons (Fsp3) is 0.556. The molecule has 0 amide bonds. The van der Waals surface area contributed by atoms with Crippen molar-refractivity contribution in [1.29, 1.82) is 0 Å². The fourth-order valence-corrected chi connectivity index (χ4v) is 4.22. The van der Waals surface area contributed by atoms with Gasteiger partial charge in [0.15, 0.2) is 5.96 Å². The molecule has 0 radical (unpaired) electrons. The number of benzene rings is 1. The van der Waals surface area contributed by atoms with Gasteiger partial charge in [-0.1, -0.05) is 12.1 Å². The van der Waals surface area contributed by atoms with E-state index in [0.717, 1.165) is 29.9 Å². The number of hydrogen-bond acceptors (Lipinski definition) is 4. The predicted molar refractivity (Wildman–Crippen MR) is 119 cm³/mol. The third-order valence-corrected chi connectivity index (χ3v) is 5.53. The van der Waals surface area contributed by atoms with Crippen LogP contribution in [0.4, 0.5) is 13.2 Å². The first kappa shape index (κ1) is 23.1. The highest BCUT2D eigenvalue weighted by Crippen LogP contribution is 2.22. The van der Waals surface area contributed by atoms with Crippen molar-refractivity contribution < 1.29 is 13.2 Å². The van der Waals surface area contributed by atoms with Crippen LogP contribution in [0, 0.1) is 0 Å². The van der Waals surface area contributed by atoms with Gasteiger partial charge in [-0.2, -0.15) is 13.2 Å². The number of thiazole rings is 1. The van der Waals surface area contributed by atoms with Crippen molar-refractivity contribution in [1.82, 2.24) is 20.5 Å². The summed E-state index contributed by atoms with van der Waals surface area (Å²) in [5.41, 5.74) is 1.03. The monoisotopic (exact) mass is 527 g/mol. The Morgan fingerprint density at radius 3 is 2.86 bits per heavy atom. The van der Waals surface area contributed by atoms with Gasteiger partial charge in [-0.3, -0.25) is 9.89 Å². The molecule has 156 valence electrons. The molecule has 0 spiro atoms. The molecule has 1 aliphatic rings. The third-order valence-electron chi connectivity index (χ3n) is 4.44. The van der Waals surface area contributed by atoms with Crippen LogP contribution in [0.5, 0.6) is 0 Å². The van der Waals surface area contributed by atoms with Crippen LogP contribution in [-0.2, 0) is 6.42 Å². The Morgan fingerprint density at radius 2 is 2.14 bits per heavy atom. The summed E-state index contributed by atoms with van der Waals surface area (Å²) in [6.45, 7) is 0.714. The summed E-state index contributed by atoms with van der Waals surface area (Å²) in [6, 6.07) is 8.08. The molecule has 3 rings (SSSR count). The first-order valence-electron chi connectivity index (χ1n) is 9.04. The van der Waals surface area contributed by atoms with Gasteiger partial charge in [-0.05, 0) is 25.0 Å². The van der Waals surface area contributed by atoms with Gasteiger partial charge < -0.3 is 10.6 Å². The number of fused-ring (bicyclic) bond motifs is 1. The SMILES string of the molecule is CN=C(NCCCc1nc2ccccc2s1)NC1CCN(CC(F)(F)F)C1.I. The Morgan fingerprint density at radius 1 is 1.36 bits per heavy atom. The smallest absolute Gasteiger partial charge is 0.356 e. The second kappa shape index (κ2) is 10.6. The average Bonchev–Trinajstić information content (AvgIpc) is 3.22.